The predicted octanol–water partition coefficient (Wildman–Crippen LogP) is 8.75. The molecule has 4 rings (SSSR count). The summed E-state index contributed by atoms with van der Waals surface area (Å²) in [5.41, 5.74) is 11.0. The molecule has 342 valence electrons. The first kappa shape index (κ1) is 50.9. The van der Waals surface area contributed by atoms with Gasteiger partial charge < -0.3 is 39.6 Å². The molecule has 0 aliphatic heterocycles. The number of hydrogen-bond donors (Lipinski definition) is 2. The molecule has 0 unspecified atom stereocenters. The second-order valence-corrected chi connectivity index (χ2v) is 16.5. The summed E-state index contributed by atoms with van der Waals surface area (Å²) in [5, 5.41) is 2.78. The highest BCUT2D eigenvalue weighted by atomic mass is 79.9. The number of esters is 2. The van der Waals surface area contributed by atoms with Crippen LogP contribution in [0.3, 0.4) is 0 Å². The van der Waals surface area contributed by atoms with Crippen LogP contribution in [0.25, 0.3) is 0 Å². The van der Waals surface area contributed by atoms with Crippen LogP contribution in [0.5, 0.6) is 11.5 Å². The van der Waals surface area contributed by atoms with Crippen molar-refractivity contribution in [2.75, 3.05) is 20.8 Å². The van der Waals surface area contributed by atoms with Crippen LogP contribution < -0.4 is 20.5 Å². The van der Waals surface area contributed by atoms with Crippen molar-refractivity contribution in [2.24, 2.45) is 5.73 Å². The van der Waals surface area contributed by atoms with Gasteiger partial charge in [-0.3, -0.25) is 14.4 Å². The van der Waals surface area contributed by atoms with Crippen LogP contribution >= 0.6 is 15.9 Å². The first-order chi connectivity index (χ1) is 30.8. The number of carbonyl (C=O) groups excluding carboxylic acids is 4. The number of nitrogens with zero attached hydrogens (tertiary/aromatic N) is 1. The molecular formula is C51H62BrN3O9. The maximum absolute atomic E-state index is 13.6. The molecule has 0 saturated carbocycles. The lowest BCUT2D eigenvalue weighted by Crippen LogP contribution is -2.52. The van der Waals surface area contributed by atoms with Crippen LogP contribution in [-0.4, -0.2) is 73.6 Å². The number of likely N-dealkylation sites (N-methyl/N-ethyl adjacent to an activating group) is 1. The van der Waals surface area contributed by atoms with Crippen molar-refractivity contribution in [3.8, 4) is 11.5 Å². The minimum atomic E-state index is -1.04. The molecule has 0 spiro atoms. The second-order valence-electron chi connectivity index (χ2n) is 15.7. The summed E-state index contributed by atoms with van der Waals surface area (Å²) in [4.78, 5) is 54.3. The molecule has 0 heterocycles. The van der Waals surface area contributed by atoms with E-state index in [0.29, 0.717) is 42.5 Å². The van der Waals surface area contributed by atoms with E-state index in [-0.39, 0.29) is 32.0 Å². The van der Waals surface area contributed by atoms with Gasteiger partial charge in [-0.2, -0.15) is 0 Å². The Morgan fingerprint density at radius 1 is 0.859 bits per heavy atom. The quantitative estimate of drug-likeness (QED) is 0.0355. The van der Waals surface area contributed by atoms with Crippen LogP contribution in [0, 0.1) is 0 Å². The predicted molar refractivity (Wildman–Crippen MR) is 251 cm³/mol. The zero-order valence-corrected chi connectivity index (χ0v) is 39.1. The molecule has 3 N–H and O–H groups in total. The topological polar surface area (TPSA) is 156 Å². The molecular weight excluding hydrogens is 878 g/mol. The van der Waals surface area contributed by atoms with Crippen LogP contribution in [0.2, 0.25) is 0 Å². The monoisotopic (exact) mass is 939 g/mol. The third-order valence-corrected chi connectivity index (χ3v) is 11.1. The summed E-state index contributed by atoms with van der Waals surface area (Å²) < 4.78 is 29.3. The van der Waals surface area contributed by atoms with Crippen molar-refractivity contribution in [1.29, 1.82) is 0 Å². The third-order valence-electron chi connectivity index (χ3n) is 10.5. The van der Waals surface area contributed by atoms with Gasteiger partial charge in [0, 0.05) is 19.9 Å². The molecule has 4 aromatic rings. The SMILES string of the molecule is C=CCOC(=O)[C@@H](Cc1ccc(OCc2ccccc2)c(Br)c1)N(C)C(=O)[C@H](C)NC(=O)CCC/C=C(\C)CC[C@H](C)OC(=O)[C@@H](N)[C@H](OCc1ccc(OC)cc1)c1ccccc1. The van der Waals surface area contributed by atoms with Crippen molar-refractivity contribution < 1.29 is 42.9 Å². The van der Waals surface area contributed by atoms with E-state index >= 15 is 0 Å². The summed E-state index contributed by atoms with van der Waals surface area (Å²) in [5.74, 6) is -0.466. The molecule has 0 radical (unpaired) electrons. The summed E-state index contributed by atoms with van der Waals surface area (Å²) in [7, 11) is 3.14. The zero-order valence-electron chi connectivity index (χ0n) is 37.5. The van der Waals surface area contributed by atoms with E-state index in [1.165, 1.54) is 18.0 Å². The minimum Gasteiger partial charge on any atom is -0.497 e. The van der Waals surface area contributed by atoms with Crippen LogP contribution in [0.1, 0.15) is 81.2 Å². The number of unbranched alkanes of at least 4 members (excludes halogenated alkanes) is 1. The average molecular weight is 941 g/mol. The number of allylic oxidation sites excluding steroid dienone is 2. The van der Waals surface area contributed by atoms with Gasteiger partial charge in [-0.15, -0.1) is 0 Å². The maximum atomic E-state index is 13.6. The van der Waals surface area contributed by atoms with Crippen LogP contribution in [0.15, 0.2) is 132 Å². The number of benzene rings is 4. The number of halogens is 1. The lowest BCUT2D eigenvalue weighted by atomic mass is 10.0. The number of ether oxygens (including phenoxy) is 5. The van der Waals surface area contributed by atoms with E-state index in [2.05, 4.69) is 33.9 Å². The first-order valence-electron chi connectivity index (χ1n) is 21.5. The number of hydrogen-bond acceptors (Lipinski definition) is 10. The molecule has 0 aliphatic carbocycles. The maximum Gasteiger partial charge on any atom is 0.329 e. The van der Waals surface area contributed by atoms with E-state index in [4.69, 9.17) is 29.4 Å². The lowest BCUT2D eigenvalue weighted by Gasteiger charge is -2.29. The number of nitrogens with two attached hydrogens (primary N) is 1. The molecule has 0 aromatic heterocycles. The number of rotatable bonds is 26. The highest BCUT2D eigenvalue weighted by molar-refractivity contribution is 9.10. The average Bonchev–Trinajstić information content (AvgIpc) is 3.30. The van der Waals surface area contributed by atoms with Gasteiger partial charge in [0.05, 0.1) is 24.3 Å². The second kappa shape index (κ2) is 26.8. The van der Waals surface area contributed by atoms with Crippen molar-refractivity contribution in [2.45, 2.75) is 103 Å². The Morgan fingerprint density at radius 2 is 1.52 bits per heavy atom. The minimum absolute atomic E-state index is 0.00662. The van der Waals surface area contributed by atoms with E-state index in [1.54, 1.807) is 14.0 Å². The van der Waals surface area contributed by atoms with Gasteiger partial charge in [-0.25, -0.2) is 4.79 Å². The van der Waals surface area contributed by atoms with E-state index in [1.807, 2.05) is 117 Å². The van der Waals surface area contributed by atoms with Gasteiger partial charge >= 0.3 is 11.9 Å². The fourth-order valence-electron chi connectivity index (χ4n) is 6.76. The van der Waals surface area contributed by atoms with E-state index < -0.39 is 48.2 Å². The highest BCUT2D eigenvalue weighted by Gasteiger charge is 2.32. The van der Waals surface area contributed by atoms with Gasteiger partial charge in [0.2, 0.25) is 11.8 Å². The number of nitrogens with one attached hydrogen (secondary N) is 1. The Kier molecular flexibility index (Phi) is 21.3. The molecule has 5 atom stereocenters. The molecule has 2 amide bonds. The number of carbonyl (C=O) groups is 4. The molecule has 0 aliphatic rings. The lowest BCUT2D eigenvalue weighted by molar-refractivity contribution is -0.155. The van der Waals surface area contributed by atoms with Gasteiger partial charge in [0.15, 0.2) is 0 Å². The fourth-order valence-corrected chi connectivity index (χ4v) is 7.30. The zero-order chi connectivity index (χ0) is 46.4. The summed E-state index contributed by atoms with van der Waals surface area (Å²) in [6.45, 7) is 9.69. The van der Waals surface area contributed by atoms with Crippen LogP contribution in [-0.2, 0) is 53.0 Å². The normalized spacial score (nSPS) is 13.6. The highest BCUT2D eigenvalue weighted by Crippen LogP contribution is 2.28. The molecule has 4 aromatic carbocycles. The van der Waals surface area contributed by atoms with Gasteiger partial charge in [-0.1, -0.05) is 103 Å². The molecule has 13 heteroatoms. The smallest absolute Gasteiger partial charge is 0.329 e. The Labute approximate surface area is 386 Å². The Bertz CT molecular complexity index is 2130. The standard InChI is InChI=1S/C51H62BrN3O9/c1-7-30-61-50(58)44(32-40-26-29-45(43(52)31-40)62-33-38-17-10-8-11-18-38)55(5)49(57)37(4)54-46(56)21-15-14-16-35(2)22-23-36(3)64-51(59)47(53)48(41-19-12-9-13-20-41)63-34-39-24-27-42(60-6)28-25-39/h7-13,16-20,24-29,31,36-37,44,47-48H,1,14-15,21-23,30,32-34,53H2,2-6H3,(H,54,56)/b35-16+/t36-,37-,44+,47-,48+/m0/s1. The van der Waals surface area contributed by atoms with Gasteiger partial charge in [0.1, 0.15) is 48.9 Å². The largest absolute Gasteiger partial charge is 0.497 e. The van der Waals surface area contributed by atoms with Crippen molar-refractivity contribution in [1.82, 2.24) is 10.2 Å². The molecule has 64 heavy (non-hydrogen) atoms. The molecule has 0 saturated heterocycles. The van der Waals surface area contributed by atoms with E-state index in [0.717, 1.165) is 33.6 Å². The van der Waals surface area contributed by atoms with Gasteiger partial charge in [0.25, 0.3) is 0 Å². The summed E-state index contributed by atoms with van der Waals surface area (Å²) in [6.07, 6.45) is 5.29. The Morgan fingerprint density at radius 3 is 2.17 bits per heavy atom. The number of methoxy groups -OCH3 is 1. The van der Waals surface area contributed by atoms with Crippen molar-refractivity contribution >= 4 is 39.7 Å². The Hall–Kier alpha value is -5.76. The first-order valence-corrected chi connectivity index (χ1v) is 22.3. The molecule has 0 bridgehead atoms. The summed E-state index contributed by atoms with van der Waals surface area (Å²) >= 11 is 3.57. The van der Waals surface area contributed by atoms with Crippen molar-refractivity contribution in [3.05, 3.63) is 154 Å². The van der Waals surface area contributed by atoms with Crippen LogP contribution in [0.4, 0.5) is 0 Å². The summed E-state index contributed by atoms with van der Waals surface area (Å²) in [6, 6.07) is 29.3. The fraction of sp³-hybridized carbons (Fsp3) is 0.373. The number of amides is 2. The molecule has 12 nitrogen and oxygen atoms in total. The Balaban J connectivity index is 1.21. The van der Waals surface area contributed by atoms with Gasteiger partial charge in [-0.05, 0) is 109 Å². The van der Waals surface area contributed by atoms with E-state index in [9.17, 15) is 19.2 Å². The van der Waals surface area contributed by atoms with Crippen molar-refractivity contribution in [3.63, 3.8) is 0 Å². The molecule has 0 fully saturated rings. The third kappa shape index (κ3) is 16.7.